The standard InChI is InChI=1S/C46H47N3O4/c1-5-6-7-8-9-12-31-51-39-24-17-33(18-25-39)34-19-26-40(27-20-34)52-44(50)35-15-21-37(22-16-35)47-48-38-23-28-43-36(32-38)29-30-46(53-43)45(2,3)41-13-10-11-14-42(41)49(46)4/h10-11,13-30,32H,5-9,12,31H2,1-4H3. The number of ether oxygens (including phenoxy) is 3. The maximum absolute atomic E-state index is 12.9. The third-order valence-electron chi connectivity index (χ3n) is 10.5. The van der Waals surface area contributed by atoms with Crippen LogP contribution in [-0.4, -0.2) is 25.3 Å². The molecule has 0 saturated heterocycles. The van der Waals surface area contributed by atoms with Crippen LogP contribution >= 0.6 is 0 Å². The molecule has 0 radical (unpaired) electrons. The van der Waals surface area contributed by atoms with Gasteiger partial charge in [-0.15, -0.1) is 0 Å². The molecule has 0 N–H and O–H groups in total. The van der Waals surface area contributed by atoms with Gasteiger partial charge in [0.2, 0.25) is 5.72 Å². The van der Waals surface area contributed by atoms with E-state index in [9.17, 15) is 4.79 Å². The van der Waals surface area contributed by atoms with E-state index >= 15 is 0 Å². The van der Waals surface area contributed by atoms with E-state index in [0.717, 1.165) is 41.2 Å². The summed E-state index contributed by atoms with van der Waals surface area (Å²) in [6, 6.07) is 36.8. The van der Waals surface area contributed by atoms with Gasteiger partial charge < -0.3 is 19.1 Å². The van der Waals surface area contributed by atoms with Crippen LogP contribution in [0.1, 0.15) is 80.8 Å². The van der Waals surface area contributed by atoms with Crippen molar-refractivity contribution in [2.45, 2.75) is 70.4 Å². The normalized spacial score (nSPS) is 16.7. The van der Waals surface area contributed by atoms with Gasteiger partial charge in [0.1, 0.15) is 17.2 Å². The minimum atomic E-state index is -0.631. The molecule has 0 aromatic heterocycles. The SMILES string of the molecule is CCCCCCCCOc1ccc(-c2ccc(OC(=O)c3ccc(N=Nc4ccc5c(c4)C=CC4(O5)N(C)c5ccccc5C4(C)C)cc3)cc2)cc1. The maximum Gasteiger partial charge on any atom is 0.343 e. The van der Waals surface area contributed by atoms with Crippen molar-refractivity contribution in [2.75, 3.05) is 18.6 Å². The fourth-order valence-corrected chi connectivity index (χ4v) is 7.30. The first-order valence-corrected chi connectivity index (χ1v) is 18.7. The van der Waals surface area contributed by atoms with E-state index in [0.29, 0.717) is 22.7 Å². The molecule has 7 rings (SSSR count). The highest BCUT2D eigenvalue weighted by Crippen LogP contribution is 2.54. The van der Waals surface area contributed by atoms with Crippen molar-refractivity contribution in [2.24, 2.45) is 10.2 Å². The van der Waals surface area contributed by atoms with E-state index in [1.165, 1.54) is 43.4 Å². The Kier molecular flexibility index (Phi) is 10.4. The molecule has 0 fully saturated rings. The molecular formula is C46H47N3O4. The molecule has 0 amide bonds. The van der Waals surface area contributed by atoms with Gasteiger partial charge in [-0.3, -0.25) is 0 Å². The number of fused-ring (bicyclic) bond motifs is 2. The van der Waals surface area contributed by atoms with Gasteiger partial charge in [0, 0.05) is 18.3 Å². The number of hydrogen-bond acceptors (Lipinski definition) is 7. The molecule has 7 nitrogen and oxygen atoms in total. The van der Waals surface area contributed by atoms with Crippen molar-refractivity contribution < 1.29 is 19.0 Å². The fraction of sp³-hybridized carbons (Fsp3) is 0.283. The molecular weight excluding hydrogens is 659 g/mol. The van der Waals surface area contributed by atoms with Crippen molar-refractivity contribution in [1.82, 2.24) is 0 Å². The first kappa shape index (κ1) is 35.7. The largest absolute Gasteiger partial charge is 0.494 e. The summed E-state index contributed by atoms with van der Waals surface area (Å²) in [5.74, 6) is 1.72. The quantitative estimate of drug-likeness (QED) is 0.0528. The highest BCUT2D eigenvalue weighted by Gasteiger charge is 2.57. The monoisotopic (exact) mass is 705 g/mol. The minimum Gasteiger partial charge on any atom is -0.494 e. The molecule has 2 heterocycles. The lowest BCUT2D eigenvalue weighted by molar-refractivity contribution is 0.0582. The number of rotatable bonds is 13. The Morgan fingerprint density at radius 1 is 0.736 bits per heavy atom. The zero-order valence-corrected chi connectivity index (χ0v) is 31.0. The van der Waals surface area contributed by atoms with Gasteiger partial charge in [-0.05, 0) is 122 Å². The number of para-hydroxylation sites is 1. The lowest BCUT2D eigenvalue weighted by Crippen LogP contribution is -2.58. The number of carbonyl (C=O) groups excluding carboxylic acids is 1. The number of carbonyl (C=O) groups is 1. The number of benzene rings is 5. The molecule has 7 heteroatoms. The van der Waals surface area contributed by atoms with Crippen molar-refractivity contribution in [3.63, 3.8) is 0 Å². The van der Waals surface area contributed by atoms with Gasteiger partial charge in [0.15, 0.2) is 0 Å². The van der Waals surface area contributed by atoms with Crippen molar-refractivity contribution in [3.8, 4) is 28.4 Å². The van der Waals surface area contributed by atoms with Gasteiger partial charge in [-0.1, -0.05) is 81.5 Å². The smallest absolute Gasteiger partial charge is 0.343 e. The van der Waals surface area contributed by atoms with E-state index in [4.69, 9.17) is 14.2 Å². The number of nitrogens with zero attached hydrogens (tertiary/aromatic N) is 3. The van der Waals surface area contributed by atoms with Gasteiger partial charge in [-0.25, -0.2) is 4.79 Å². The number of likely N-dealkylation sites (N-methyl/N-ethyl adjacent to an activating group) is 1. The summed E-state index contributed by atoms with van der Waals surface area (Å²) < 4.78 is 18.3. The fourth-order valence-electron chi connectivity index (χ4n) is 7.30. The van der Waals surface area contributed by atoms with Gasteiger partial charge >= 0.3 is 5.97 Å². The second-order valence-electron chi connectivity index (χ2n) is 14.4. The van der Waals surface area contributed by atoms with Crippen LogP contribution in [0.15, 0.2) is 132 Å². The predicted molar refractivity (Wildman–Crippen MR) is 213 cm³/mol. The molecule has 53 heavy (non-hydrogen) atoms. The van der Waals surface area contributed by atoms with Crippen LogP contribution in [0, 0.1) is 0 Å². The summed E-state index contributed by atoms with van der Waals surface area (Å²) in [5, 5.41) is 8.87. The first-order valence-electron chi connectivity index (χ1n) is 18.7. The Hall–Kier alpha value is -5.69. The molecule has 0 aliphatic carbocycles. The van der Waals surface area contributed by atoms with Crippen LogP contribution < -0.4 is 19.1 Å². The lowest BCUT2D eigenvalue weighted by Gasteiger charge is -2.45. The zero-order valence-electron chi connectivity index (χ0n) is 31.0. The Morgan fingerprint density at radius 2 is 1.38 bits per heavy atom. The molecule has 2 aliphatic rings. The van der Waals surface area contributed by atoms with Crippen molar-refractivity contribution in [1.29, 1.82) is 0 Å². The van der Waals surface area contributed by atoms with E-state index < -0.39 is 11.7 Å². The number of hydrogen-bond donors (Lipinski definition) is 0. The van der Waals surface area contributed by atoms with Gasteiger partial charge in [0.05, 0.1) is 29.0 Å². The molecule has 5 aromatic carbocycles. The van der Waals surface area contributed by atoms with Crippen LogP contribution in [0.3, 0.4) is 0 Å². The van der Waals surface area contributed by atoms with Crippen LogP contribution in [0.2, 0.25) is 0 Å². The number of unbranched alkanes of at least 4 members (excludes halogenated alkanes) is 5. The van der Waals surface area contributed by atoms with Crippen molar-refractivity contribution in [3.05, 3.63) is 138 Å². The number of esters is 1. The van der Waals surface area contributed by atoms with E-state index in [1.807, 2.05) is 54.6 Å². The van der Waals surface area contributed by atoms with E-state index in [-0.39, 0.29) is 5.41 Å². The maximum atomic E-state index is 12.9. The summed E-state index contributed by atoms with van der Waals surface area (Å²) in [7, 11) is 2.09. The average Bonchev–Trinajstić information content (AvgIpc) is 3.35. The second kappa shape index (κ2) is 15.5. The molecule has 1 atom stereocenters. The Bertz CT molecular complexity index is 2100. The first-order chi connectivity index (χ1) is 25.8. The third-order valence-corrected chi connectivity index (χ3v) is 10.5. The van der Waals surface area contributed by atoms with Crippen LogP contribution in [0.25, 0.3) is 17.2 Å². The Balaban J connectivity index is 0.915. The summed E-state index contributed by atoms with van der Waals surface area (Å²) in [6.07, 6.45) is 11.7. The molecule has 270 valence electrons. The highest BCUT2D eigenvalue weighted by molar-refractivity contribution is 5.91. The minimum absolute atomic E-state index is 0.260. The molecule has 0 bridgehead atoms. The second-order valence-corrected chi connectivity index (χ2v) is 14.4. The van der Waals surface area contributed by atoms with E-state index in [1.54, 1.807) is 24.3 Å². The zero-order chi connectivity index (χ0) is 36.8. The summed E-state index contributed by atoms with van der Waals surface area (Å²) >= 11 is 0. The van der Waals surface area contributed by atoms with Crippen LogP contribution in [0.5, 0.6) is 17.2 Å². The summed E-state index contributed by atoms with van der Waals surface area (Å²) in [6.45, 7) is 7.44. The molecule has 5 aromatic rings. The number of anilines is 1. The Morgan fingerprint density at radius 3 is 2.09 bits per heavy atom. The predicted octanol–water partition coefficient (Wildman–Crippen LogP) is 12.3. The number of azo groups is 1. The lowest BCUT2D eigenvalue weighted by atomic mass is 9.76. The van der Waals surface area contributed by atoms with E-state index in [2.05, 4.69) is 91.5 Å². The van der Waals surface area contributed by atoms with Gasteiger partial charge in [0.25, 0.3) is 0 Å². The van der Waals surface area contributed by atoms with Crippen LogP contribution in [0.4, 0.5) is 17.1 Å². The summed E-state index contributed by atoms with van der Waals surface area (Å²) in [5.41, 5.74) is 6.35. The molecule has 2 aliphatic heterocycles. The highest BCUT2D eigenvalue weighted by atomic mass is 16.5. The molecule has 0 saturated carbocycles. The van der Waals surface area contributed by atoms with Gasteiger partial charge in [-0.2, -0.15) is 10.2 Å². The molecule has 1 unspecified atom stereocenters. The topological polar surface area (TPSA) is 72.7 Å². The third kappa shape index (κ3) is 7.47. The summed E-state index contributed by atoms with van der Waals surface area (Å²) in [4.78, 5) is 15.1. The van der Waals surface area contributed by atoms with Crippen molar-refractivity contribution >= 4 is 29.1 Å². The average molecular weight is 706 g/mol. The molecule has 1 spiro atoms. The van der Waals surface area contributed by atoms with Crippen LogP contribution in [-0.2, 0) is 5.41 Å². The Labute approximate surface area is 313 Å².